The van der Waals surface area contributed by atoms with Gasteiger partial charge < -0.3 is 24.8 Å². The van der Waals surface area contributed by atoms with Crippen LogP contribution in [0.4, 0.5) is 0 Å². The number of carbonyl (C=O) groups excluding carboxylic acids is 1. The molecule has 5 atom stereocenters. The number of ether oxygens (including phenoxy) is 2. The lowest BCUT2D eigenvalue weighted by atomic mass is 9.93. The molecular formula is C16H21NO6. The van der Waals surface area contributed by atoms with E-state index in [1.54, 1.807) is 24.3 Å². The van der Waals surface area contributed by atoms with Crippen molar-refractivity contribution in [1.82, 2.24) is 4.90 Å². The normalized spacial score (nSPS) is 34.0. The summed E-state index contributed by atoms with van der Waals surface area (Å²) in [6.07, 6.45) is -3.33. The van der Waals surface area contributed by atoms with Crippen molar-refractivity contribution in [3.05, 3.63) is 29.8 Å². The minimum Gasteiger partial charge on any atom is -0.497 e. The van der Waals surface area contributed by atoms with E-state index < -0.39 is 36.4 Å². The Morgan fingerprint density at radius 3 is 2.52 bits per heavy atom. The number of rotatable bonds is 3. The maximum atomic E-state index is 12.2. The van der Waals surface area contributed by atoms with E-state index in [9.17, 15) is 20.1 Å². The molecule has 0 bridgehead atoms. The van der Waals surface area contributed by atoms with Crippen molar-refractivity contribution in [3.8, 4) is 5.75 Å². The van der Waals surface area contributed by atoms with Crippen LogP contribution in [-0.4, -0.2) is 76.8 Å². The van der Waals surface area contributed by atoms with Gasteiger partial charge in [-0.05, 0) is 30.7 Å². The van der Waals surface area contributed by atoms with Gasteiger partial charge in [0.15, 0.2) is 0 Å². The molecule has 23 heavy (non-hydrogen) atoms. The van der Waals surface area contributed by atoms with Crippen LogP contribution in [0.2, 0.25) is 0 Å². The minimum absolute atomic E-state index is 0.294. The highest BCUT2D eigenvalue weighted by Gasteiger charge is 2.49. The quantitative estimate of drug-likeness (QED) is 0.638. The number of fused-ring (bicyclic) bond motifs is 1. The molecule has 0 aromatic heterocycles. The molecule has 2 aliphatic rings. The maximum Gasteiger partial charge on any atom is 0.338 e. The van der Waals surface area contributed by atoms with Crippen LogP contribution < -0.4 is 4.74 Å². The SMILES string of the molecule is COc1ccc(C(=O)O[C@H]2CN3CC[C@H](O)[C@@H]3[C@@H](O)[C@@H]2O)cc1. The first kappa shape index (κ1) is 16.2. The fraction of sp³-hybridized carbons (Fsp3) is 0.562. The number of nitrogens with zero attached hydrogens (tertiary/aromatic N) is 1. The van der Waals surface area contributed by atoms with Gasteiger partial charge in [0, 0.05) is 13.1 Å². The van der Waals surface area contributed by atoms with Gasteiger partial charge in [-0.25, -0.2) is 4.79 Å². The number of hydrogen-bond acceptors (Lipinski definition) is 7. The lowest BCUT2D eigenvalue weighted by Gasteiger charge is -2.42. The monoisotopic (exact) mass is 323 g/mol. The van der Waals surface area contributed by atoms with Crippen LogP contribution in [0.1, 0.15) is 16.8 Å². The van der Waals surface area contributed by atoms with E-state index in [-0.39, 0.29) is 0 Å². The van der Waals surface area contributed by atoms with Gasteiger partial charge in [-0.3, -0.25) is 4.90 Å². The molecule has 0 aliphatic carbocycles. The van der Waals surface area contributed by atoms with E-state index >= 15 is 0 Å². The number of esters is 1. The van der Waals surface area contributed by atoms with E-state index in [2.05, 4.69) is 0 Å². The average molecular weight is 323 g/mol. The molecular weight excluding hydrogens is 302 g/mol. The van der Waals surface area contributed by atoms with Crippen LogP contribution in [0.25, 0.3) is 0 Å². The van der Waals surface area contributed by atoms with Gasteiger partial charge in [0.05, 0.1) is 24.8 Å². The summed E-state index contributed by atoms with van der Waals surface area (Å²) >= 11 is 0. The summed E-state index contributed by atoms with van der Waals surface area (Å²) in [5, 5.41) is 30.3. The van der Waals surface area contributed by atoms with Crippen molar-refractivity contribution in [2.45, 2.75) is 36.9 Å². The Bertz CT molecular complexity index is 562. The molecule has 2 saturated heterocycles. The number of piperidine rings is 1. The fourth-order valence-corrected chi connectivity index (χ4v) is 3.32. The third-order valence-electron chi connectivity index (χ3n) is 4.61. The molecule has 126 valence electrons. The molecule has 1 aromatic rings. The second-order valence-corrected chi connectivity index (χ2v) is 5.99. The van der Waals surface area contributed by atoms with Gasteiger partial charge in [-0.2, -0.15) is 0 Å². The van der Waals surface area contributed by atoms with Gasteiger partial charge in [0.25, 0.3) is 0 Å². The standard InChI is InChI=1S/C16H21NO6/c1-22-10-4-2-9(3-5-10)16(21)23-12-8-17-7-6-11(18)13(17)15(20)14(12)19/h2-5,11-15,18-20H,6-8H2,1H3/t11-,12-,13+,14+,15+/m0/s1. The number of benzene rings is 1. The van der Waals surface area contributed by atoms with Crippen molar-refractivity contribution >= 4 is 5.97 Å². The van der Waals surface area contributed by atoms with Gasteiger partial charge in [-0.15, -0.1) is 0 Å². The van der Waals surface area contributed by atoms with E-state index in [1.807, 2.05) is 4.90 Å². The molecule has 0 amide bonds. The first-order chi connectivity index (χ1) is 11.0. The smallest absolute Gasteiger partial charge is 0.338 e. The zero-order valence-electron chi connectivity index (χ0n) is 12.8. The second kappa shape index (κ2) is 6.45. The molecule has 0 spiro atoms. The molecule has 0 saturated carbocycles. The van der Waals surface area contributed by atoms with E-state index in [0.717, 1.165) is 0 Å². The lowest BCUT2D eigenvalue weighted by Crippen LogP contribution is -2.62. The summed E-state index contributed by atoms with van der Waals surface area (Å²) in [5.41, 5.74) is 0.344. The first-order valence-corrected chi connectivity index (χ1v) is 7.64. The third kappa shape index (κ3) is 3.05. The Labute approximate surface area is 134 Å². The minimum atomic E-state index is -1.22. The number of aliphatic hydroxyl groups is 3. The third-order valence-corrected chi connectivity index (χ3v) is 4.61. The van der Waals surface area contributed by atoms with Gasteiger partial charge >= 0.3 is 5.97 Å². The molecule has 2 heterocycles. The molecule has 7 nitrogen and oxygen atoms in total. The Hall–Kier alpha value is -1.67. The Morgan fingerprint density at radius 1 is 1.17 bits per heavy atom. The Kier molecular flexibility index (Phi) is 4.54. The van der Waals surface area contributed by atoms with Crippen molar-refractivity contribution in [1.29, 1.82) is 0 Å². The molecule has 7 heteroatoms. The number of aliphatic hydroxyl groups excluding tert-OH is 3. The van der Waals surface area contributed by atoms with Crippen molar-refractivity contribution in [2.75, 3.05) is 20.2 Å². The second-order valence-electron chi connectivity index (χ2n) is 5.99. The fourth-order valence-electron chi connectivity index (χ4n) is 3.32. The van der Waals surface area contributed by atoms with Crippen LogP contribution >= 0.6 is 0 Å². The molecule has 3 N–H and O–H groups in total. The highest BCUT2D eigenvalue weighted by atomic mass is 16.6. The van der Waals surface area contributed by atoms with E-state index in [1.165, 1.54) is 7.11 Å². The highest BCUT2D eigenvalue weighted by molar-refractivity contribution is 5.89. The van der Waals surface area contributed by atoms with Gasteiger partial charge in [0.2, 0.25) is 0 Å². The Balaban J connectivity index is 1.68. The zero-order valence-corrected chi connectivity index (χ0v) is 12.8. The van der Waals surface area contributed by atoms with Crippen LogP contribution in [0, 0.1) is 0 Å². The van der Waals surface area contributed by atoms with Crippen molar-refractivity contribution < 1.29 is 29.6 Å². The largest absolute Gasteiger partial charge is 0.497 e. The topological polar surface area (TPSA) is 99.5 Å². The average Bonchev–Trinajstić information content (AvgIpc) is 2.93. The maximum absolute atomic E-state index is 12.2. The van der Waals surface area contributed by atoms with Crippen LogP contribution in [0.15, 0.2) is 24.3 Å². The predicted octanol–water partition coefficient (Wildman–Crippen LogP) is -0.609. The van der Waals surface area contributed by atoms with E-state index in [4.69, 9.17) is 9.47 Å². The highest BCUT2D eigenvalue weighted by Crippen LogP contribution is 2.29. The summed E-state index contributed by atoms with van der Waals surface area (Å²) in [4.78, 5) is 14.1. The van der Waals surface area contributed by atoms with Gasteiger partial charge in [0.1, 0.15) is 24.1 Å². The summed E-state index contributed by atoms with van der Waals surface area (Å²) in [6.45, 7) is 0.897. The van der Waals surface area contributed by atoms with Crippen molar-refractivity contribution in [2.24, 2.45) is 0 Å². The summed E-state index contributed by atoms with van der Waals surface area (Å²) in [6, 6.07) is 5.95. The van der Waals surface area contributed by atoms with Crippen LogP contribution in [-0.2, 0) is 4.74 Å². The molecule has 0 radical (unpaired) electrons. The predicted molar refractivity (Wildman–Crippen MR) is 80.2 cm³/mol. The summed E-state index contributed by atoms with van der Waals surface area (Å²) in [7, 11) is 1.54. The number of methoxy groups -OCH3 is 1. The number of hydrogen-bond donors (Lipinski definition) is 3. The van der Waals surface area contributed by atoms with Crippen LogP contribution in [0.5, 0.6) is 5.75 Å². The zero-order chi connectivity index (χ0) is 16.6. The summed E-state index contributed by atoms with van der Waals surface area (Å²) in [5.74, 6) is 0.0608. The van der Waals surface area contributed by atoms with Gasteiger partial charge in [-0.1, -0.05) is 0 Å². The lowest BCUT2D eigenvalue weighted by molar-refractivity contribution is -0.143. The molecule has 3 rings (SSSR count). The van der Waals surface area contributed by atoms with Crippen molar-refractivity contribution in [3.63, 3.8) is 0 Å². The molecule has 2 aliphatic heterocycles. The first-order valence-electron chi connectivity index (χ1n) is 7.64. The van der Waals surface area contributed by atoms with E-state index in [0.29, 0.717) is 30.8 Å². The van der Waals surface area contributed by atoms with Crippen LogP contribution in [0.3, 0.4) is 0 Å². The Morgan fingerprint density at radius 2 is 1.87 bits per heavy atom. The molecule has 2 fully saturated rings. The number of carbonyl (C=O) groups is 1. The molecule has 0 unspecified atom stereocenters. The molecule has 1 aromatic carbocycles. The summed E-state index contributed by atoms with van der Waals surface area (Å²) < 4.78 is 10.4.